The standard InChI is InChI=1S/C15H23BrN2O2S/c1-3-18(11-13-5-4-8-17-10-13)21(19,20)15-7-6-12(2)9-14(15)16/h6-7,9,13,17H,3-5,8,10-11H2,1-2H3. The van der Waals surface area contributed by atoms with Crippen LogP contribution < -0.4 is 5.32 Å². The van der Waals surface area contributed by atoms with Crippen LogP contribution in [0.4, 0.5) is 0 Å². The Balaban J connectivity index is 2.22. The molecule has 21 heavy (non-hydrogen) atoms. The molecule has 1 aliphatic heterocycles. The van der Waals surface area contributed by atoms with Crippen LogP contribution in [0.25, 0.3) is 0 Å². The van der Waals surface area contributed by atoms with Crippen molar-refractivity contribution in [3.8, 4) is 0 Å². The van der Waals surface area contributed by atoms with Crippen molar-refractivity contribution >= 4 is 26.0 Å². The minimum Gasteiger partial charge on any atom is -0.316 e. The lowest BCUT2D eigenvalue weighted by atomic mass is 10.00. The quantitative estimate of drug-likeness (QED) is 0.861. The second-order valence-corrected chi connectivity index (χ2v) is 8.36. The molecule has 1 N–H and O–H groups in total. The number of hydrogen-bond acceptors (Lipinski definition) is 3. The third-order valence-electron chi connectivity index (χ3n) is 3.92. The summed E-state index contributed by atoms with van der Waals surface area (Å²) in [6.07, 6.45) is 2.21. The minimum atomic E-state index is -3.44. The van der Waals surface area contributed by atoms with Crippen LogP contribution in [-0.4, -0.2) is 38.9 Å². The zero-order valence-corrected chi connectivity index (χ0v) is 15.0. The van der Waals surface area contributed by atoms with Crippen LogP contribution in [0, 0.1) is 12.8 Å². The molecule has 0 aliphatic carbocycles. The zero-order valence-electron chi connectivity index (χ0n) is 12.6. The number of rotatable bonds is 5. The van der Waals surface area contributed by atoms with Crippen LogP contribution in [0.1, 0.15) is 25.3 Å². The Morgan fingerprint density at radius 2 is 2.19 bits per heavy atom. The Morgan fingerprint density at radius 3 is 2.76 bits per heavy atom. The van der Waals surface area contributed by atoms with E-state index < -0.39 is 10.0 Å². The van der Waals surface area contributed by atoms with Crippen molar-refractivity contribution in [2.75, 3.05) is 26.2 Å². The van der Waals surface area contributed by atoms with Crippen LogP contribution in [-0.2, 0) is 10.0 Å². The van der Waals surface area contributed by atoms with Crippen LogP contribution in [0.5, 0.6) is 0 Å². The SMILES string of the molecule is CCN(CC1CCCNC1)S(=O)(=O)c1ccc(C)cc1Br. The van der Waals surface area contributed by atoms with Crippen molar-refractivity contribution in [1.29, 1.82) is 0 Å². The van der Waals surface area contributed by atoms with Crippen molar-refractivity contribution in [1.82, 2.24) is 9.62 Å². The van der Waals surface area contributed by atoms with Gasteiger partial charge in [0.15, 0.2) is 0 Å². The van der Waals surface area contributed by atoms with Crippen molar-refractivity contribution in [2.24, 2.45) is 5.92 Å². The highest BCUT2D eigenvalue weighted by molar-refractivity contribution is 9.10. The fourth-order valence-electron chi connectivity index (χ4n) is 2.72. The summed E-state index contributed by atoms with van der Waals surface area (Å²) in [5, 5.41) is 3.34. The third-order valence-corrected chi connectivity index (χ3v) is 6.84. The molecule has 0 spiro atoms. The van der Waals surface area contributed by atoms with Crippen molar-refractivity contribution in [3.63, 3.8) is 0 Å². The van der Waals surface area contributed by atoms with E-state index in [-0.39, 0.29) is 0 Å². The molecular formula is C15H23BrN2O2S. The highest BCUT2D eigenvalue weighted by Gasteiger charge is 2.28. The van der Waals surface area contributed by atoms with E-state index >= 15 is 0 Å². The van der Waals surface area contributed by atoms with Gasteiger partial charge in [0.1, 0.15) is 0 Å². The molecule has 4 nitrogen and oxygen atoms in total. The molecule has 118 valence electrons. The molecule has 0 amide bonds. The first-order valence-corrected chi connectivity index (χ1v) is 9.65. The van der Waals surface area contributed by atoms with Gasteiger partial charge < -0.3 is 5.32 Å². The number of piperidine rings is 1. The average Bonchev–Trinajstić information content (AvgIpc) is 2.45. The summed E-state index contributed by atoms with van der Waals surface area (Å²) in [5.41, 5.74) is 1.04. The van der Waals surface area contributed by atoms with E-state index in [0.717, 1.165) is 31.5 Å². The van der Waals surface area contributed by atoms with Crippen LogP contribution in [0.3, 0.4) is 0 Å². The number of sulfonamides is 1. The molecule has 6 heteroatoms. The summed E-state index contributed by atoms with van der Waals surface area (Å²) in [5.74, 6) is 0.401. The van der Waals surface area contributed by atoms with Gasteiger partial charge in [-0.15, -0.1) is 0 Å². The molecule has 1 unspecified atom stereocenters. The summed E-state index contributed by atoms with van der Waals surface area (Å²) >= 11 is 3.39. The first-order chi connectivity index (χ1) is 9.95. The molecule has 1 saturated heterocycles. The summed E-state index contributed by atoms with van der Waals surface area (Å²) in [6, 6.07) is 5.38. The van der Waals surface area contributed by atoms with Gasteiger partial charge in [0.2, 0.25) is 10.0 Å². The number of halogens is 1. The fourth-order valence-corrected chi connectivity index (χ4v) is 5.40. The van der Waals surface area contributed by atoms with Gasteiger partial charge in [-0.3, -0.25) is 0 Å². The number of nitrogens with one attached hydrogen (secondary N) is 1. The molecule has 1 heterocycles. The normalized spacial score (nSPS) is 19.9. The van der Waals surface area contributed by atoms with Crippen LogP contribution >= 0.6 is 15.9 Å². The molecule has 1 atom stereocenters. The lowest BCUT2D eigenvalue weighted by Gasteiger charge is -2.29. The van der Waals surface area contributed by atoms with Gasteiger partial charge in [-0.05, 0) is 72.4 Å². The Labute approximate surface area is 136 Å². The Hall–Kier alpha value is -0.430. The van der Waals surface area contributed by atoms with Gasteiger partial charge in [-0.25, -0.2) is 8.42 Å². The lowest BCUT2D eigenvalue weighted by molar-refractivity contribution is 0.297. The molecule has 0 radical (unpaired) electrons. The molecule has 1 aromatic carbocycles. The van der Waals surface area contributed by atoms with Crippen molar-refractivity contribution in [2.45, 2.75) is 31.6 Å². The molecule has 1 aliphatic rings. The molecule has 2 rings (SSSR count). The molecule has 0 aromatic heterocycles. The van der Waals surface area contributed by atoms with Gasteiger partial charge in [0, 0.05) is 17.6 Å². The predicted molar refractivity (Wildman–Crippen MR) is 88.9 cm³/mol. The van der Waals surface area contributed by atoms with Gasteiger partial charge in [-0.1, -0.05) is 13.0 Å². The molecule has 1 aromatic rings. The topological polar surface area (TPSA) is 49.4 Å². The van der Waals surface area contributed by atoms with E-state index in [1.807, 2.05) is 26.0 Å². The highest BCUT2D eigenvalue weighted by atomic mass is 79.9. The maximum Gasteiger partial charge on any atom is 0.244 e. The molecule has 0 saturated carbocycles. The van der Waals surface area contributed by atoms with E-state index in [9.17, 15) is 8.42 Å². The van der Waals surface area contributed by atoms with E-state index in [2.05, 4.69) is 21.2 Å². The van der Waals surface area contributed by atoms with Crippen LogP contribution in [0.2, 0.25) is 0 Å². The third kappa shape index (κ3) is 4.06. The minimum absolute atomic E-state index is 0.360. The molecule has 0 bridgehead atoms. The Kier molecular flexibility index (Phi) is 5.82. The molecular weight excluding hydrogens is 352 g/mol. The number of nitrogens with zero attached hydrogens (tertiary/aromatic N) is 1. The number of hydrogen-bond donors (Lipinski definition) is 1. The average molecular weight is 375 g/mol. The first-order valence-electron chi connectivity index (χ1n) is 7.42. The predicted octanol–water partition coefficient (Wildman–Crippen LogP) is 2.77. The first kappa shape index (κ1) is 16.9. The summed E-state index contributed by atoms with van der Waals surface area (Å²) in [6.45, 7) is 6.88. The van der Waals surface area contributed by atoms with Gasteiger partial charge in [0.25, 0.3) is 0 Å². The molecule has 1 fully saturated rings. The second kappa shape index (κ2) is 7.22. The van der Waals surface area contributed by atoms with E-state index in [1.165, 1.54) is 0 Å². The summed E-state index contributed by atoms with van der Waals surface area (Å²) in [7, 11) is -3.44. The second-order valence-electron chi connectivity index (χ2n) is 5.60. The van der Waals surface area contributed by atoms with Gasteiger partial charge >= 0.3 is 0 Å². The van der Waals surface area contributed by atoms with Crippen molar-refractivity contribution in [3.05, 3.63) is 28.2 Å². The van der Waals surface area contributed by atoms with E-state index in [0.29, 0.717) is 28.4 Å². The summed E-state index contributed by atoms with van der Waals surface area (Å²) in [4.78, 5) is 0.360. The fraction of sp³-hybridized carbons (Fsp3) is 0.600. The van der Waals surface area contributed by atoms with Gasteiger partial charge in [0.05, 0.1) is 4.90 Å². The lowest BCUT2D eigenvalue weighted by Crippen LogP contribution is -2.41. The Morgan fingerprint density at radius 1 is 1.43 bits per heavy atom. The summed E-state index contributed by atoms with van der Waals surface area (Å²) < 4.78 is 27.9. The maximum absolute atomic E-state index is 12.8. The smallest absolute Gasteiger partial charge is 0.244 e. The van der Waals surface area contributed by atoms with Crippen LogP contribution in [0.15, 0.2) is 27.6 Å². The van der Waals surface area contributed by atoms with E-state index in [1.54, 1.807) is 10.4 Å². The maximum atomic E-state index is 12.8. The highest BCUT2D eigenvalue weighted by Crippen LogP contribution is 2.27. The van der Waals surface area contributed by atoms with Gasteiger partial charge in [-0.2, -0.15) is 4.31 Å². The largest absolute Gasteiger partial charge is 0.316 e. The Bertz CT molecular complexity index is 583. The monoisotopic (exact) mass is 374 g/mol. The number of aryl methyl sites for hydroxylation is 1. The van der Waals surface area contributed by atoms with E-state index in [4.69, 9.17) is 0 Å². The number of benzene rings is 1. The zero-order chi connectivity index (χ0) is 15.5. The van der Waals surface area contributed by atoms with Crippen molar-refractivity contribution < 1.29 is 8.42 Å².